The third kappa shape index (κ3) is 4.40. The summed E-state index contributed by atoms with van der Waals surface area (Å²) in [6, 6.07) is 4.40. The predicted octanol–water partition coefficient (Wildman–Crippen LogP) is 3.45. The van der Waals surface area contributed by atoms with Gasteiger partial charge in [0.15, 0.2) is 0 Å². The SMILES string of the molecule is CN=Nc1ccc(O)cc1NC(=O)OC(C)(C)C. The van der Waals surface area contributed by atoms with Gasteiger partial charge in [0, 0.05) is 13.1 Å². The van der Waals surface area contributed by atoms with Gasteiger partial charge in [-0.1, -0.05) is 0 Å². The van der Waals surface area contributed by atoms with E-state index in [1.165, 1.54) is 19.2 Å². The zero-order valence-electron chi connectivity index (χ0n) is 10.9. The van der Waals surface area contributed by atoms with Crippen molar-refractivity contribution in [2.75, 3.05) is 12.4 Å². The number of anilines is 1. The van der Waals surface area contributed by atoms with Gasteiger partial charge in [0.25, 0.3) is 0 Å². The number of carbonyl (C=O) groups excluding carboxylic acids is 1. The lowest BCUT2D eigenvalue weighted by atomic mass is 10.2. The van der Waals surface area contributed by atoms with Crippen molar-refractivity contribution in [1.29, 1.82) is 0 Å². The maximum Gasteiger partial charge on any atom is 0.412 e. The molecule has 0 aliphatic heterocycles. The molecule has 1 amide bonds. The second-order valence-electron chi connectivity index (χ2n) is 4.63. The van der Waals surface area contributed by atoms with Crippen molar-refractivity contribution in [3.8, 4) is 5.75 Å². The fourth-order valence-corrected chi connectivity index (χ4v) is 1.23. The summed E-state index contributed by atoms with van der Waals surface area (Å²) in [6.07, 6.45) is -0.611. The Bertz CT molecular complexity index is 464. The van der Waals surface area contributed by atoms with Crippen LogP contribution in [0.5, 0.6) is 5.75 Å². The fraction of sp³-hybridized carbons (Fsp3) is 0.417. The fourth-order valence-electron chi connectivity index (χ4n) is 1.23. The van der Waals surface area contributed by atoms with Crippen molar-refractivity contribution in [3.63, 3.8) is 0 Å². The molecule has 0 aliphatic rings. The van der Waals surface area contributed by atoms with Gasteiger partial charge in [0.05, 0.1) is 5.69 Å². The monoisotopic (exact) mass is 251 g/mol. The molecule has 1 rings (SSSR count). The van der Waals surface area contributed by atoms with Crippen molar-refractivity contribution in [2.24, 2.45) is 10.2 Å². The van der Waals surface area contributed by atoms with E-state index in [9.17, 15) is 9.90 Å². The van der Waals surface area contributed by atoms with E-state index in [-0.39, 0.29) is 5.75 Å². The average molecular weight is 251 g/mol. The Labute approximate surface area is 106 Å². The molecular weight excluding hydrogens is 234 g/mol. The van der Waals surface area contributed by atoms with E-state index in [2.05, 4.69) is 15.5 Å². The minimum absolute atomic E-state index is 0.0242. The van der Waals surface area contributed by atoms with Gasteiger partial charge in [0.2, 0.25) is 0 Å². The van der Waals surface area contributed by atoms with Crippen molar-refractivity contribution in [2.45, 2.75) is 26.4 Å². The van der Waals surface area contributed by atoms with Crippen LogP contribution in [0.4, 0.5) is 16.2 Å². The van der Waals surface area contributed by atoms with Gasteiger partial charge in [0.1, 0.15) is 17.0 Å². The number of amides is 1. The molecule has 0 unspecified atom stereocenters. The number of phenolic OH excluding ortho intramolecular Hbond substituents is 1. The van der Waals surface area contributed by atoms with Crippen molar-refractivity contribution in [3.05, 3.63) is 18.2 Å². The lowest BCUT2D eigenvalue weighted by Gasteiger charge is -2.20. The first-order valence-electron chi connectivity index (χ1n) is 5.44. The van der Waals surface area contributed by atoms with Crippen LogP contribution in [0.15, 0.2) is 28.4 Å². The molecule has 0 saturated heterocycles. The summed E-state index contributed by atoms with van der Waals surface area (Å²) >= 11 is 0. The largest absolute Gasteiger partial charge is 0.508 e. The van der Waals surface area contributed by atoms with Crippen LogP contribution in [0.1, 0.15) is 20.8 Å². The number of rotatable bonds is 2. The molecule has 6 nitrogen and oxygen atoms in total. The first kappa shape index (κ1) is 14.0. The molecule has 0 aromatic heterocycles. The molecule has 98 valence electrons. The van der Waals surface area contributed by atoms with Crippen LogP contribution in [0.3, 0.4) is 0 Å². The Morgan fingerprint density at radius 1 is 1.39 bits per heavy atom. The lowest BCUT2D eigenvalue weighted by Crippen LogP contribution is -2.27. The van der Waals surface area contributed by atoms with E-state index in [1.807, 2.05) is 0 Å². The van der Waals surface area contributed by atoms with Crippen LogP contribution in [0.2, 0.25) is 0 Å². The van der Waals surface area contributed by atoms with Gasteiger partial charge in [-0.25, -0.2) is 4.79 Å². The normalized spacial score (nSPS) is 11.6. The average Bonchev–Trinajstić information content (AvgIpc) is 2.19. The lowest BCUT2D eigenvalue weighted by molar-refractivity contribution is 0.0636. The molecule has 0 radical (unpaired) electrons. The van der Waals surface area contributed by atoms with Crippen molar-refractivity contribution < 1.29 is 14.6 Å². The van der Waals surface area contributed by atoms with Crippen LogP contribution in [-0.2, 0) is 4.74 Å². The number of hydrogen-bond donors (Lipinski definition) is 2. The molecule has 1 aromatic carbocycles. The summed E-state index contributed by atoms with van der Waals surface area (Å²) in [5.74, 6) is 0.0242. The van der Waals surface area contributed by atoms with E-state index in [4.69, 9.17) is 4.74 Å². The quantitative estimate of drug-likeness (QED) is 0.789. The highest BCUT2D eigenvalue weighted by Crippen LogP contribution is 2.29. The van der Waals surface area contributed by atoms with Crippen molar-refractivity contribution >= 4 is 17.5 Å². The van der Waals surface area contributed by atoms with Crippen molar-refractivity contribution in [1.82, 2.24) is 0 Å². The summed E-state index contributed by atoms with van der Waals surface area (Å²) in [7, 11) is 1.52. The maximum absolute atomic E-state index is 11.6. The molecular formula is C12H17N3O3. The maximum atomic E-state index is 11.6. The topological polar surface area (TPSA) is 83.3 Å². The second-order valence-corrected chi connectivity index (χ2v) is 4.63. The van der Waals surface area contributed by atoms with Crippen LogP contribution in [0.25, 0.3) is 0 Å². The molecule has 0 saturated carbocycles. The highest BCUT2D eigenvalue weighted by atomic mass is 16.6. The number of nitrogens with one attached hydrogen (secondary N) is 1. The third-order valence-electron chi connectivity index (χ3n) is 1.82. The van der Waals surface area contributed by atoms with Gasteiger partial charge in [-0.05, 0) is 32.9 Å². The number of carbonyl (C=O) groups is 1. The number of phenols is 1. The Balaban J connectivity index is 2.89. The summed E-state index contributed by atoms with van der Waals surface area (Å²) in [6.45, 7) is 5.30. The highest BCUT2D eigenvalue weighted by molar-refractivity contribution is 5.89. The molecule has 0 fully saturated rings. The van der Waals surface area contributed by atoms with E-state index in [0.717, 1.165) is 0 Å². The second kappa shape index (κ2) is 5.48. The summed E-state index contributed by atoms with van der Waals surface area (Å²) < 4.78 is 5.11. The van der Waals surface area contributed by atoms with Gasteiger partial charge in [-0.2, -0.15) is 10.2 Å². The third-order valence-corrected chi connectivity index (χ3v) is 1.82. The first-order valence-corrected chi connectivity index (χ1v) is 5.44. The Morgan fingerprint density at radius 2 is 2.06 bits per heavy atom. The molecule has 1 aromatic rings. The number of ether oxygens (including phenoxy) is 1. The predicted molar refractivity (Wildman–Crippen MR) is 68.4 cm³/mol. The molecule has 0 atom stereocenters. The van der Waals surface area contributed by atoms with Crippen LogP contribution in [0, 0.1) is 0 Å². The van der Waals surface area contributed by atoms with Gasteiger partial charge in [-0.3, -0.25) is 5.32 Å². The minimum atomic E-state index is -0.611. The van der Waals surface area contributed by atoms with Gasteiger partial charge >= 0.3 is 6.09 Å². The van der Waals surface area contributed by atoms with E-state index >= 15 is 0 Å². The zero-order valence-corrected chi connectivity index (χ0v) is 10.9. The molecule has 2 N–H and O–H groups in total. The van der Waals surface area contributed by atoms with Crippen LogP contribution in [-0.4, -0.2) is 23.8 Å². The van der Waals surface area contributed by atoms with Gasteiger partial charge in [-0.15, -0.1) is 0 Å². The summed E-state index contributed by atoms with van der Waals surface area (Å²) in [5.41, 5.74) is 0.198. The summed E-state index contributed by atoms with van der Waals surface area (Å²) in [4.78, 5) is 11.6. The zero-order chi connectivity index (χ0) is 13.8. The molecule has 0 spiro atoms. The first-order chi connectivity index (χ1) is 8.31. The molecule has 0 heterocycles. The smallest absolute Gasteiger partial charge is 0.412 e. The van der Waals surface area contributed by atoms with E-state index in [1.54, 1.807) is 26.8 Å². The van der Waals surface area contributed by atoms with E-state index in [0.29, 0.717) is 11.4 Å². The number of nitrogens with zero attached hydrogens (tertiary/aromatic N) is 2. The van der Waals surface area contributed by atoms with Gasteiger partial charge < -0.3 is 9.84 Å². The Kier molecular flexibility index (Phi) is 4.25. The minimum Gasteiger partial charge on any atom is -0.508 e. The molecule has 0 aliphatic carbocycles. The molecule has 6 heteroatoms. The summed E-state index contributed by atoms with van der Waals surface area (Å²) in [5, 5.41) is 19.4. The standard InChI is InChI=1S/C12H17N3O3/c1-12(2,3)18-11(17)14-10-7-8(16)5-6-9(10)15-13-4/h5-7,16H,1-4H3,(H,14,17). The number of azo groups is 1. The Morgan fingerprint density at radius 3 is 2.61 bits per heavy atom. The highest BCUT2D eigenvalue weighted by Gasteiger charge is 2.17. The number of aromatic hydroxyl groups is 1. The Hall–Kier alpha value is -2.11. The number of hydrogen-bond acceptors (Lipinski definition) is 5. The van der Waals surface area contributed by atoms with Crippen LogP contribution < -0.4 is 5.32 Å². The van der Waals surface area contributed by atoms with Crippen LogP contribution >= 0.6 is 0 Å². The van der Waals surface area contributed by atoms with E-state index < -0.39 is 11.7 Å². The molecule has 0 bridgehead atoms. The number of benzene rings is 1. The molecule has 18 heavy (non-hydrogen) atoms.